The molecule has 3 aromatic rings. The maximum Gasteiger partial charge on any atom is 0.326 e. The van der Waals surface area contributed by atoms with Gasteiger partial charge in [0.05, 0.1) is 21.1 Å². The van der Waals surface area contributed by atoms with Crippen LogP contribution in [0.25, 0.3) is 11.0 Å². The number of amides is 2. The SMILES string of the molecule is O=C(Cn1c(=O)[nH]c2ccccc21)NCCNC(=O)c1ccc(Cl)c(Cl)c1. The van der Waals surface area contributed by atoms with Gasteiger partial charge in [-0.15, -0.1) is 0 Å². The fourth-order valence-electron chi connectivity index (χ4n) is 2.58. The number of H-pyrrole nitrogens is 1. The molecule has 0 unspecified atom stereocenters. The van der Waals surface area contributed by atoms with Gasteiger partial charge in [-0.3, -0.25) is 14.2 Å². The molecule has 140 valence electrons. The van der Waals surface area contributed by atoms with E-state index in [-0.39, 0.29) is 37.1 Å². The topological polar surface area (TPSA) is 96.0 Å². The number of imidazole rings is 1. The Hall–Kier alpha value is -2.77. The lowest BCUT2D eigenvalue weighted by atomic mass is 10.2. The highest BCUT2D eigenvalue weighted by Crippen LogP contribution is 2.22. The van der Waals surface area contributed by atoms with Crippen LogP contribution in [0.3, 0.4) is 0 Å². The molecule has 27 heavy (non-hydrogen) atoms. The minimum absolute atomic E-state index is 0.108. The second-order valence-corrected chi connectivity index (χ2v) is 6.58. The van der Waals surface area contributed by atoms with E-state index < -0.39 is 0 Å². The number of carbonyl (C=O) groups is 2. The number of carbonyl (C=O) groups excluding carboxylic acids is 2. The second-order valence-electron chi connectivity index (χ2n) is 5.77. The maximum absolute atomic E-state index is 12.1. The predicted octanol–water partition coefficient (Wildman–Crippen LogP) is 2.18. The Labute approximate surface area is 164 Å². The van der Waals surface area contributed by atoms with Crippen molar-refractivity contribution in [3.8, 4) is 0 Å². The number of para-hydroxylation sites is 2. The molecule has 2 aromatic carbocycles. The van der Waals surface area contributed by atoms with E-state index in [1.54, 1.807) is 36.4 Å². The van der Waals surface area contributed by atoms with E-state index in [4.69, 9.17) is 23.2 Å². The van der Waals surface area contributed by atoms with Crippen LogP contribution in [0, 0.1) is 0 Å². The Bertz CT molecular complexity index is 1060. The number of nitrogens with one attached hydrogen (secondary N) is 3. The standard InChI is InChI=1S/C18H16Cl2N4O3/c19-12-6-5-11(9-13(12)20)17(26)22-8-7-21-16(25)10-24-15-4-2-1-3-14(15)23-18(24)27/h1-6,9H,7-8,10H2,(H,21,25)(H,22,26)(H,23,27). The molecule has 0 aliphatic heterocycles. The number of benzene rings is 2. The zero-order chi connectivity index (χ0) is 19.4. The summed E-state index contributed by atoms with van der Waals surface area (Å²) in [6.07, 6.45) is 0. The number of fused-ring (bicyclic) bond motifs is 1. The summed E-state index contributed by atoms with van der Waals surface area (Å²) >= 11 is 11.7. The molecule has 0 aliphatic rings. The van der Waals surface area contributed by atoms with E-state index in [2.05, 4.69) is 15.6 Å². The first-order valence-corrected chi connectivity index (χ1v) is 8.89. The van der Waals surface area contributed by atoms with Crippen LogP contribution in [-0.4, -0.2) is 34.5 Å². The van der Waals surface area contributed by atoms with Crippen LogP contribution in [0.2, 0.25) is 10.0 Å². The van der Waals surface area contributed by atoms with Gasteiger partial charge in [0.1, 0.15) is 6.54 Å². The number of hydrogen-bond acceptors (Lipinski definition) is 3. The summed E-state index contributed by atoms with van der Waals surface area (Å²) in [5, 5.41) is 6.00. The average Bonchev–Trinajstić information content (AvgIpc) is 2.96. The van der Waals surface area contributed by atoms with E-state index in [0.29, 0.717) is 26.6 Å². The summed E-state index contributed by atoms with van der Waals surface area (Å²) in [7, 11) is 0. The first kappa shape index (κ1) is 19.0. The zero-order valence-corrected chi connectivity index (χ0v) is 15.6. The van der Waals surface area contributed by atoms with Crippen molar-refractivity contribution in [3.63, 3.8) is 0 Å². The fourth-order valence-corrected chi connectivity index (χ4v) is 2.88. The fraction of sp³-hybridized carbons (Fsp3) is 0.167. The third-order valence-electron chi connectivity index (χ3n) is 3.90. The van der Waals surface area contributed by atoms with Crippen LogP contribution < -0.4 is 16.3 Å². The van der Waals surface area contributed by atoms with Crippen LogP contribution in [-0.2, 0) is 11.3 Å². The molecule has 0 atom stereocenters. The van der Waals surface area contributed by atoms with Crippen LogP contribution in [0.5, 0.6) is 0 Å². The Morgan fingerprint density at radius 1 is 1.00 bits per heavy atom. The first-order chi connectivity index (χ1) is 13.0. The molecule has 2 amide bonds. The van der Waals surface area contributed by atoms with Crippen LogP contribution in [0.15, 0.2) is 47.3 Å². The molecule has 0 saturated carbocycles. The molecule has 3 rings (SSSR count). The number of halogens is 2. The molecule has 7 nitrogen and oxygen atoms in total. The molecule has 1 heterocycles. The lowest BCUT2D eigenvalue weighted by Crippen LogP contribution is -2.37. The maximum atomic E-state index is 12.1. The lowest BCUT2D eigenvalue weighted by molar-refractivity contribution is -0.121. The van der Waals surface area contributed by atoms with Crippen molar-refractivity contribution in [1.29, 1.82) is 0 Å². The van der Waals surface area contributed by atoms with Crippen LogP contribution in [0.1, 0.15) is 10.4 Å². The highest BCUT2D eigenvalue weighted by Gasteiger charge is 2.11. The molecule has 1 aromatic heterocycles. The molecular weight excluding hydrogens is 391 g/mol. The summed E-state index contributed by atoms with van der Waals surface area (Å²) < 4.78 is 1.36. The molecule has 3 N–H and O–H groups in total. The Morgan fingerprint density at radius 3 is 2.52 bits per heavy atom. The van der Waals surface area contributed by atoms with E-state index in [9.17, 15) is 14.4 Å². The predicted molar refractivity (Wildman–Crippen MR) is 104 cm³/mol. The van der Waals surface area contributed by atoms with Crippen molar-refractivity contribution in [2.24, 2.45) is 0 Å². The molecule has 0 bridgehead atoms. The summed E-state index contributed by atoms with van der Waals surface area (Å²) in [5.41, 5.74) is 1.36. The molecular formula is C18H16Cl2N4O3. The van der Waals surface area contributed by atoms with Gasteiger partial charge in [-0.25, -0.2) is 4.79 Å². The normalized spacial score (nSPS) is 10.7. The molecule has 0 fully saturated rings. The first-order valence-electron chi connectivity index (χ1n) is 8.13. The van der Waals surface area contributed by atoms with Gasteiger partial charge in [0.2, 0.25) is 5.91 Å². The molecule has 0 saturated heterocycles. The van der Waals surface area contributed by atoms with Gasteiger partial charge in [-0.1, -0.05) is 35.3 Å². The van der Waals surface area contributed by atoms with Gasteiger partial charge in [-0.2, -0.15) is 0 Å². The highest BCUT2D eigenvalue weighted by atomic mass is 35.5. The summed E-state index contributed by atoms with van der Waals surface area (Å²) in [6.45, 7) is 0.347. The van der Waals surface area contributed by atoms with Crippen molar-refractivity contribution < 1.29 is 9.59 Å². The van der Waals surface area contributed by atoms with Gasteiger partial charge in [0.15, 0.2) is 0 Å². The molecule has 0 radical (unpaired) electrons. The third-order valence-corrected chi connectivity index (χ3v) is 4.64. The lowest BCUT2D eigenvalue weighted by Gasteiger charge is -2.08. The highest BCUT2D eigenvalue weighted by molar-refractivity contribution is 6.42. The molecule has 9 heteroatoms. The third kappa shape index (κ3) is 4.50. The minimum Gasteiger partial charge on any atom is -0.353 e. The number of aromatic amines is 1. The van der Waals surface area contributed by atoms with Crippen molar-refractivity contribution in [2.75, 3.05) is 13.1 Å². The average molecular weight is 407 g/mol. The molecule has 0 spiro atoms. The summed E-state index contributed by atoms with van der Waals surface area (Å²) in [4.78, 5) is 38.7. The zero-order valence-electron chi connectivity index (χ0n) is 14.1. The smallest absolute Gasteiger partial charge is 0.326 e. The molecule has 0 aliphatic carbocycles. The Balaban J connectivity index is 1.49. The number of hydrogen-bond donors (Lipinski definition) is 3. The van der Waals surface area contributed by atoms with Gasteiger partial charge in [0, 0.05) is 18.7 Å². The van der Waals surface area contributed by atoms with Crippen molar-refractivity contribution >= 4 is 46.0 Å². The Kier molecular flexibility index (Phi) is 5.83. The number of aromatic nitrogens is 2. The van der Waals surface area contributed by atoms with Gasteiger partial charge in [-0.05, 0) is 30.3 Å². The Morgan fingerprint density at radius 2 is 1.74 bits per heavy atom. The summed E-state index contributed by atoms with van der Waals surface area (Å²) in [6, 6.07) is 11.7. The van der Waals surface area contributed by atoms with Gasteiger partial charge in [0.25, 0.3) is 5.91 Å². The van der Waals surface area contributed by atoms with Crippen LogP contribution >= 0.6 is 23.2 Å². The van der Waals surface area contributed by atoms with Gasteiger partial charge >= 0.3 is 5.69 Å². The minimum atomic E-state index is -0.348. The van der Waals surface area contributed by atoms with Crippen molar-refractivity contribution in [1.82, 2.24) is 20.2 Å². The van der Waals surface area contributed by atoms with E-state index in [1.807, 2.05) is 0 Å². The van der Waals surface area contributed by atoms with Gasteiger partial charge < -0.3 is 15.6 Å². The van der Waals surface area contributed by atoms with E-state index >= 15 is 0 Å². The number of nitrogens with zero attached hydrogens (tertiary/aromatic N) is 1. The van der Waals surface area contributed by atoms with E-state index in [1.165, 1.54) is 10.6 Å². The number of rotatable bonds is 6. The van der Waals surface area contributed by atoms with E-state index in [0.717, 1.165) is 0 Å². The quantitative estimate of drug-likeness (QED) is 0.547. The largest absolute Gasteiger partial charge is 0.353 e. The van der Waals surface area contributed by atoms with Crippen molar-refractivity contribution in [2.45, 2.75) is 6.54 Å². The summed E-state index contributed by atoms with van der Waals surface area (Å²) in [5.74, 6) is -0.652. The second kappa shape index (κ2) is 8.28. The van der Waals surface area contributed by atoms with Crippen LogP contribution in [0.4, 0.5) is 0 Å². The monoisotopic (exact) mass is 406 g/mol. The van der Waals surface area contributed by atoms with Crippen molar-refractivity contribution in [3.05, 3.63) is 68.6 Å².